The van der Waals surface area contributed by atoms with E-state index in [0.717, 1.165) is 18.9 Å². The zero-order valence-electron chi connectivity index (χ0n) is 19.7. The first-order valence-electron chi connectivity index (χ1n) is 12.3. The first-order chi connectivity index (χ1) is 16.1. The van der Waals surface area contributed by atoms with Gasteiger partial charge in [0.05, 0.1) is 17.6 Å². The smallest absolute Gasteiger partial charge is 0.416 e. The molecule has 4 aliphatic rings. The van der Waals surface area contributed by atoms with Gasteiger partial charge in [0.25, 0.3) is 0 Å². The topological polar surface area (TPSA) is 53.0 Å². The number of benzene rings is 1. The van der Waals surface area contributed by atoms with E-state index in [1.54, 1.807) is 6.07 Å². The number of hydrogen-bond acceptors (Lipinski definition) is 5. The second-order valence-corrected chi connectivity index (χ2v) is 10.6. The van der Waals surface area contributed by atoms with Crippen molar-refractivity contribution in [3.8, 4) is 0 Å². The number of rotatable bonds is 3. The highest BCUT2D eigenvalue weighted by atomic mass is 19.4. The summed E-state index contributed by atoms with van der Waals surface area (Å²) in [6.45, 7) is 7.30. The van der Waals surface area contributed by atoms with Crippen LogP contribution < -0.4 is 4.90 Å². The highest BCUT2D eigenvalue weighted by Gasteiger charge is 2.59. The Morgan fingerprint density at radius 3 is 2.65 bits per heavy atom. The Morgan fingerprint density at radius 2 is 1.94 bits per heavy atom. The lowest BCUT2D eigenvalue weighted by Crippen LogP contribution is -2.55. The average Bonchev–Trinajstić information content (AvgIpc) is 3.11. The van der Waals surface area contributed by atoms with E-state index in [1.807, 2.05) is 4.90 Å². The minimum absolute atomic E-state index is 0.225. The predicted octanol–water partition coefficient (Wildman–Crippen LogP) is 4.11. The number of esters is 1. The fourth-order valence-corrected chi connectivity index (χ4v) is 6.62. The summed E-state index contributed by atoms with van der Waals surface area (Å²) in [6, 6.07) is 5.44. The number of alkyl halides is 3. The third kappa shape index (κ3) is 3.92. The van der Waals surface area contributed by atoms with E-state index in [0.29, 0.717) is 50.7 Å². The average molecular weight is 479 g/mol. The van der Waals surface area contributed by atoms with Crippen LogP contribution in [0.5, 0.6) is 0 Å². The number of allylic oxidation sites excluding steroid dienone is 1. The summed E-state index contributed by atoms with van der Waals surface area (Å²) in [7, 11) is 0. The van der Waals surface area contributed by atoms with Gasteiger partial charge in [-0.15, -0.1) is 0 Å². The molecule has 2 aliphatic carbocycles. The molecular formula is C26H33F3N2O3. The first kappa shape index (κ1) is 23.7. The van der Waals surface area contributed by atoms with Gasteiger partial charge in [-0.05, 0) is 37.0 Å². The zero-order valence-corrected chi connectivity index (χ0v) is 19.7. The fraction of sp³-hybridized carbons (Fsp3) is 0.654. The molecule has 5 nitrogen and oxygen atoms in total. The van der Waals surface area contributed by atoms with Gasteiger partial charge in [-0.2, -0.15) is 13.2 Å². The van der Waals surface area contributed by atoms with E-state index in [-0.39, 0.29) is 29.3 Å². The Kier molecular flexibility index (Phi) is 5.96. The molecule has 5 rings (SSSR count). The molecule has 6 atom stereocenters. The summed E-state index contributed by atoms with van der Waals surface area (Å²) in [6.07, 6.45) is -0.296. The van der Waals surface area contributed by atoms with Gasteiger partial charge in [-0.3, -0.25) is 9.69 Å². The molecule has 0 amide bonds. The molecular weight excluding hydrogens is 445 g/mol. The molecule has 0 radical (unpaired) electrons. The lowest BCUT2D eigenvalue weighted by atomic mass is 9.55. The number of aliphatic hydroxyl groups is 1. The number of aliphatic hydroxyl groups excluding tert-OH is 1. The van der Waals surface area contributed by atoms with E-state index in [2.05, 4.69) is 24.8 Å². The molecule has 8 heteroatoms. The van der Waals surface area contributed by atoms with Gasteiger partial charge in [-0.1, -0.05) is 31.6 Å². The van der Waals surface area contributed by atoms with Crippen LogP contribution >= 0.6 is 0 Å². The molecule has 1 N–H and O–H groups in total. The van der Waals surface area contributed by atoms with Crippen molar-refractivity contribution in [3.63, 3.8) is 0 Å². The summed E-state index contributed by atoms with van der Waals surface area (Å²) in [4.78, 5) is 17.0. The summed E-state index contributed by atoms with van der Waals surface area (Å²) in [5.74, 6) is -0.495. The van der Waals surface area contributed by atoms with Crippen molar-refractivity contribution in [2.45, 2.75) is 51.5 Å². The number of carbonyl (C=O) groups is 1. The largest absolute Gasteiger partial charge is 0.461 e. The van der Waals surface area contributed by atoms with Gasteiger partial charge in [0.2, 0.25) is 0 Å². The quantitative estimate of drug-likeness (QED) is 0.524. The van der Waals surface area contributed by atoms with Gasteiger partial charge in [0, 0.05) is 56.2 Å². The Hall–Kier alpha value is -2.06. The van der Waals surface area contributed by atoms with Crippen LogP contribution in [-0.2, 0) is 15.7 Å². The normalized spacial score (nSPS) is 36.5. The lowest BCUT2D eigenvalue weighted by molar-refractivity contribution is -0.145. The SMILES string of the molecule is C[C@H]1CCC=C2C[C@H]3OC(=O)C(CN4CCN(c5cccc(C(F)(F)F)c5)CC4)[C@H]3[C@H](O)[C@@]21C. The standard InChI is InChI=1S/C26H33F3N2O3/c1-16-5-3-6-17-14-21-22(23(32)25(16,17)2)20(24(33)34-21)15-30-9-11-31(12-10-30)19-8-4-7-18(13-19)26(27,28)29/h4,6-8,13,16,20-23,32H,3,5,9-12,14-15H2,1-2H3/t16-,20?,21+,22+,23-,25+/m0/s1. The Bertz CT molecular complexity index is 972. The van der Waals surface area contributed by atoms with E-state index in [1.165, 1.54) is 17.7 Å². The number of halogens is 3. The van der Waals surface area contributed by atoms with Gasteiger partial charge in [0.15, 0.2) is 0 Å². The minimum atomic E-state index is -4.36. The number of piperazine rings is 1. The summed E-state index contributed by atoms with van der Waals surface area (Å²) >= 11 is 0. The molecule has 0 spiro atoms. The highest BCUT2D eigenvalue weighted by Crippen LogP contribution is 2.56. The van der Waals surface area contributed by atoms with Crippen LogP contribution in [0.25, 0.3) is 0 Å². The van der Waals surface area contributed by atoms with Crippen LogP contribution in [-0.4, -0.2) is 60.9 Å². The van der Waals surface area contributed by atoms with Crippen molar-refractivity contribution in [1.82, 2.24) is 4.90 Å². The maximum atomic E-state index is 13.1. The van der Waals surface area contributed by atoms with Crippen molar-refractivity contribution in [1.29, 1.82) is 0 Å². The molecule has 34 heavy (non-hydrogen) atoms. The third-order valence-corrected chi connectivity index (χ3v) is 8.94. The van der Waals surface area contributed by atoms with Crippen molar-refractivity contribution in [2.75, 3.05) is 37.6 Å². The molecule has 1 aromatic carbocycles. The maximum Gasteiger partial charge on any atom is 0.416 e. The van der Waals surface area contributed by atoms with Gasteiger partial charge in [-0.25, -0.2) is 0 Å². The van der Waals surface area contributed by atoms with Crippen LogP contribution in [0.2, 0.25) is 0 Å². The highest BCUT2D eigenvalue weighted by molar-refractivity contribution is 5.76. The van der Waals surface area contributed by atoms with E-state index in [4.69, 9.17) is 4.74 Å². The van der Waals surface area contributed by atoms with Crippen molar-refractivity contribution >= 4 is 11.7 Å². The van der Waals surface area contributed by atoms with Crippen LogP contribution in [0.3, 0.4) is 0 Å². The van der Waals surface area contributed by atoms with Crippen LogP contribution in [0.1, 0.15) is 38.7 Å². The lowest BCUT2D eigenvalue weighted by Gasteiger charge is -2.52. The molecule has 3 fully saturated rings. The number of carbonyl (C=O) groups excluding carboxylic acids is 1. The summed E-state index contributed by atoms with van der Waals surface area (Å²) in [5, 5.41) is 11.5. The number of fused-ring (bicyclic) bond motifs is 2. The van der Waals surface area contributed by atoms with E-state index >= 15 is 0 Å². The number of hydrogen-bond donors (Lipinski definition) is 1. The molecule has 2 heterocycles. The second kappa shape index (κ2) is 8.55. The molecule has 0 aromatic heterocycles. The zero-order chi connectivity index (χ0) is 24.3. The first-order valence-corrected chi connectivity index (χ1v) is 12.3. The van der Waals surface area contributed by atoms with Crippen LogP contribution in [0, 0.1) is 23.2 Å². The Labute approximate surface area is 198 Å². The van der Waals surface area contributed by atoms with Crippen molar-refractivity contribution < 1.29 is 27.8 Å². The third-order valence-electron chi connectivity index (χ3n) is 8.94. The van der Waals surface area contributed by atoms with Gasteiger partial charge in [0.1, 0.15) is 6.10 Å². The fourth-order valence-electron chi connectivity index (χ4n) is 6.62. The maximum absolute atomic E-state index is 13.1. The number of ether oxygens (including phenoxy) is 1. The molecule has 0 bridgehead atoms. The molecule has 186 valence electrons. The molecule has 1 unspecified atom stereocenters. The monoisotopic (exact) mass is 478 g/mol. The van der Waals surface area contributed by atoms with E-state index in [9.17, 15) is 23.1 Å². The van der Waals surface area contributed by atoms with Crippen LogP contribution in [0.4, 0.5) is 18.9 Å². The Balaban J connectivity index is 1.26. The number of nitrogens with zero attached hydrogens (tertiary/aromatic N) is 2. The van der Waals surface area contributed by atoms with Crippen LogP contribution in [0.15, 0.2) is 35.9 Å². The summed E-state index contributed by atoms with van der Waals surface area (Å²) in [5.41, 5.74) is 0.824. The molecule has 2 aliphatic heterocycles. The van der Waals surface area contributed by atoms with Gasteiger partial charge >= 0.3 is 12.1 Å². The second-order valence-electron chi connectivity index (χ2n) is 10.6. The van der Waals surface area contributed by atoms with Gasteiger partial charge < -0.3 is 14.7 Å². The van der Waals surface area contributed by atoms with Crippen molar-refractivity contribution in [3.05, 3.63) is 41.5 Å². The predicted molar refractivity (Wildman–Crippen MR) is 122 cm³/mol. The molecule has 1 saturated carbocycles. The molecule has 2 saturated heterocycles. The minimum Gasteiger partial charge on any atom is -0.461 e. The van der Waals surface area contributed by atoms with Crippen molar-refractivity contribution in [2.24, 2.45) is 23.2 Å². The molecule has 1 aromatic rings. The summed E-state index contributed by atoms with van der Waals surface area (Å²) < 4.78 is 45.0. The Morgan fingerprint density at radius 1 is 1.21 bits per heavy atom. The van der Waals surface area contributed by atoms with E-state index < -0.39 is 17.8 Å². The number of anilines is 1.